The largest absolute Gasteiger partial charge is 0.493 e. The Labute approximate surface area is 136 Å². The first-order valence-corrected chi connectivity index (χ1v) is 9.22. The molecule has 23 heavy (non-hydrogen) atoms. The topological polar surface area (TPSA) is 84.9 Å². The summed E-state index contributed by atoms with van der Waals surface area (Å²) in [5, 5.41) is 0. The molecule has 0 radical (unpaired) electrons. The normalized spacial score (nSPS) is 18.6. The fourth-order valence-corrected chi connectivity index (χ4v) is 3.51. The van der Waals surface area contributed by atoms with Gasteiger partial charge in [-0.25, -0.2) is 13.1 Å². The van der Waals surface area contributed by atoms with E-state index in [1.807, 2.05) is 0 Å². The number of nitrogens with one attached hydrogen (secondary N) is 1. The van der Waals surface area contributed by atoms with Crippen molar-refractivity contribution in [1.29, 1.82) is 0 Å². The summed E-state index contributed by atoms with van der Waals surface area (Å²) < 4.78 is 35.7. The summed E-state index contributed by atoms with van der Waals surface area (Å²) in [5.74, 6) is 0.895. The van der Waals surface area contributed by atoms with Crippen LogP contribution in [0.2, 0.25) is 0 Å². The molecular formula is C15H22N2O5S. The second kappa shape index (κ2) is 7.18. The molecule has 1 amide bonds. The Balaban J connectivity index is 2.13. The fourth-order valence-electron chi connectivity index (χ4n) is 2.71. The lowest BCUT2D eigenvalue weighted by atomic mass is 10.1. The van der Waals surface area contributed by atoms with E-state index in [9.17, 15) is 13.2 Å². The van der Waals surface area contributed by atoms with Crippen molar-refractivity contribution in [3.63, 3.8) is 0 Å². The highest BCUT2D eigenvalue weighted by Gasteiger charge is 2.26. The molecule has 1 heterocycles. The number of amides is 1. The number of hydrogen-bond acceptors (Lipinski definition) is 5. The first-order chi connectivity index (χ1) is 10.8. The van der Waals surface area contributed by atoms with Gasteiger partial charge >= 0.3 is 0 Å². The van der Waals surface area contributed by atoms with E-state index < -0.39 is 10.0 Å². The number of benzene rings is 1. The van der Waals surface area contributed by atoms with E-state index in [4.69, 9.17) is 9.47 Å². The summed E-state index contributed by atoms with van der Waals surface area (Å²) in [6.07, 6.45) is 2.61. The summed E-state index contributed by atoms with van der Waals surface area (Å²) in [5.41, 5.74) is 0.489. The third-order valence-corrected chi connectivity index (χ3v) is 4.48. The van der Waals surface area contributed by atoms with Crippen LogP contribution in [0, 0.1) is 0 Å². The molecule has 1 aromatic carbocycles. The number of rotatable bonds is 5. The number of methoxy groups -OCH3 is 2. The molecule has 1 N–H and O–H groups in total. The van der Waals surface area contributed by atoms with Crippen LogP contribution in [0.4, 0.5) is 0 Å². The van der Waals surface area contributed by atoms with Gasteiger partial charge < -0.3 is 14.4 Å². The molecule has 1 aliphatic heterocycles. The molecule has 0 bridgehead atoms. The summed E-state index contributed by atoms with van der Waals surface area (Å²) in [7, 11) is -0.236. The van der Waals surface area contributed by atoms with Gasteiger partial charge in [0.25, 0.3) is 5.91 Å². The average molecular weight is 342 g/mol. The van der Waals surface area contributed by atoms with E-state index in [1.54, 1.807) is 23.1 Å². The lowest BCUT2D eigenvalue weighted by Crippen LogP contribution is -2.49. The predicted molar refractivity (Wildman–Crippen MR) is 86.5 cm³/mol. The van der Waals surface area contributed by atoms with Crippen LogP contribution in [-0.4, -0.2) is 58.8 Å². The van der Waals surface area contributed by atoms with Gasteiger partial charge in [0.15, 0.2) is 11.5 Å². The SMILES string of the molecule is COc1ccc(C(=O)N2CCC[C@H](NS(C)(=O)=O)C2)cc1OC. The summed E-state index contributed by atoms with van der Waals surface area (Å²) in [6.45, 7) is 0.968. The van der Waals surface area contributed by atoms with E-state index >= 15 is 0 Å². The Morgan fingerprint density at radius 2 is 1.96 bits per heavy atom. The Bertz CT molecular complexity index is 674. The Morgan fingerprint density at radius 1 is 1.26 bits per heavy atom. The molecular weight excluding hydrogens is 320 g/mol. The van der Waals surface area contributed by atoms with Crippen LogP contribution in [-0.2, 0) is 10.0 Å². The van der Waals surface area contributed by atoms with Crippen molar-refractivity contribution in [2.45, 2.75) is 18.9 Å². The molecule has 0 unspecified atom stereocenters. The van der Waals surface area contributed by atoms with Crippen LogP contribution in [0.5, 0.6) is 11.5 Å². The van der Waals surface area contributed by atoms with Crippen LogP contribution in [0.3, 0.4) is 0 Å². The van der Waals surface area contributed by atoms with Gasteiger partial charge in [-0.15, -0.1) is 0 Å². The highest BCUT2D eigenvalue weighted by Crippen LogP contribution is 2.28. The van der Waals surface area contributed by atoms with Crippen LogP contribution >= 0.6 is 0 Å². The molecule has 0 saturated carbocycles. The quantitative estimate of drug-likeness (QED) is 0.858. The monoisotopic (exact) mass is 342 g/mol. The molecule has 1 saturated heterocycles. The summed E-state index contributed by atoms with van der Waals surface area (Å²) in [6, 6.07) is 4.75. The first kappa shape index (κ1) is 17.6. The second-order valence-electron chi connectivity index (χ2n) is 5.55. The number of carbonyl (C=O) groups is 1. The molecule has 1 fully saturated rings. The van der Waals surface area contributed by atoms with Gasteiger partial charge in [-0.3, -0.25) is 4.79 Å². The highest BCUT2D eigenvalue weighted by molar-refractivity contribution is 7.88. The Morgan fingerprint density at radius 3 is 2.57 bits per heavy atom. The number of ether oxygens (including phenoxy) is 2. The van der Waals surface area contributed by atoms with Crippen molar-refractivity contribution in [2.75, 3.05) is 33.6 Å². The molecule has 1 aromatic rings. The lowest BCUT2D eigenvalue weighted by molar-refractivity contribution is 0.0702. The van der Waals surface area contributed by atoms with Crippen molar-refractivity contribution in [1.82, 2.24) is 9.62 Å². The standard InChI is InChI=1S/C15H22N2O5S/c1-21-13-7-6-11(9-14(13)22-2)15(18)17-8-4-5-12(10-17)16-23(3,19)20/h6-7,9,12,16H,4-5,8,10H2,1-3H3/t12-/m0/s1. The third kappa shape index (κ3) is 4.59. The number of nitrogens with zero attached hydrogens (tertiary/aromatic N) is 1. The van der Waals surface area contributed by atoms with Gasteiger partial charge in [0.1, 0.15) is 0 Å². The number of sulfonamides is 1. The van der Waals surface area contributed by atoms with Gasteiger partial charge in [-0.05, 0) is 31.0 Å². The van der Waals surface area contributed by atoms with E-state index in [2.05, 4.69) is 4.72 Å². The van der Waals surface area contributed by atoms with Crippen LogP contribution in [0.15, 0.2) is 18.2 Å². The van der Waals surface area contributed by atoms with Crippen molar-refractivity contribution in [3.8, 4) is 11.5 Å². The Kier molecular flexibility index (Phi) is 5.48. The molecule has 7 nitrogen and oxygen atoms in total. The van der Waals surface area contributed by atoms with Crippen molar-refractivity contribution in [2.24, 2.45) is 0 Å². The van der Waals surface area contributed by atoms with Gasteiger partial charge in [0, 0.05) is 24.7 Å². The smallest absolute Gasteiger partial charge is 0.254 e. The van der Waals surface area contributed by atoms with Crippen molar-refractivity contribution >= 4 is 15.9 Å². The number of piperidine rings is 1. The minimum absolute atomic E-state index is 0.147. The molecule has 1 atom stereocenters. The van der Waals surface area contributed by atoms with E-state index in [0.29, 0.717) is 30.2 Å². The van der Waals surface area contributed by atoms with Gasteiger partial charge in [-0.2, -0.15) is 0 Å². The van der Waals surface area contributed by atoms with Gasteiger partial charge in [-0.1, -0.05) is 0 Å². The molecule has 128 valence electrons. The van der Waals surface area contributed by atoms with Crippen LogP contribution < -0.4 is 14.2 Å². The van der Waals surface area contributed by atoms with Crippen molar-refractivity contribution < 1.29 is 22.7 Å². The maximum atomic E-state index is 12.6. The van der Waals surface area contributed by atoms with Crippen LogP contribution in [0.1, 0.15) is 23.2 Å². The maximum absolute atomic E-state index is 12.6. The summed E-state index contributed by atoms with van der Waals surface area (Å²) in [4.78, 5) is 14.3. The number of carbonyl (C=O) groups excluding carboxylic acids is 1. The Hall–Kier alpha value is -1.80. The average Bonchev–Trinajstić information content (AvgIpc) is 2.52. The molecule has 0 aliphatic carbocycles. The molecule has 8 heteroatoms. The zero-order chi connectivity index (χ0) is 17.0. The molecule has 0 spiro atoms. The third-order valence-electron chi connectivity index (χ3n) is 3.72. The van der Waals surface area contributed by atoms with E-state index in [1.165, 1.54) is 14.2 Å². The zero-order valence-corrected chi connectivity index (χ0v) is 14.4. The lowest BCUT2D eigenvalue weighted by Gasteiger charge is -2.32. The number of likely N-dealkylation sites (tertiary alicyclic amines) is 1. The summed E-state index contributed by atoms with van der Waals surface area (Å²) >= 11 is 0. The first-order valence-electron chi connectivity index (χ1n) is 7.32. The predicted octanol–water partition coefficient (Wildman–Crippen LogP) is 0.858. The molecule has 0 aromatic heterocycles. The second-order valence-corrected chi connectivity index (χ2v) is 7.33. The maximum Gasteiger partial charge on any atom is 0.254 e. The van der Waals surface area contributed by atoms with Gasteiger partial charge in [0.05, 0.1) is 20.5 Å². The van der Waals surface area contributed by atoms with E-state index in [0.717, 1.165) is 19.1 Å². The zero-order valence-electron chi connectivity index (χ0n) is 13.5. The molecule has 1 aliphatic rings. The van der Waals surface area contributed by atoms with E-state index in [-0.39, 0.29) is 11.9 Å². The highest BCUT2D eigenvalue weighted by atomic mass is 32.2. The molecule has 2 rings (SSSR count). The van der Waals surface area contributed by atoms with Crippen LogP contribution in [0.25, 0.3) is 0 Å². The minimum atomic E-state index is -3.28. The number of hydrogen-bond donors (Lipinski definition) is 1. The van der Waals surface area contributed by atoms with Crippen molar-refractivity contribution in [3.05, 3.63) is 23.8 Å². The minimum Gasteiger partial charge on any atom is -0.493 e. The fraction of sp³-hybridized carbons (Fsp3) is 0.533. The van der Waals surface area contributed by atoms with Gasteiger partial charge in [0.2, 0.25) is 10.0 Å².